The summed E-state index contributed by atoms with van der Waals surface area (Å²) in [6, 6.07) is 11.5. The lowest BCUT2D eigenvalue weighted by atomic mass is 10.1. The number of hydrogen-bond acceptors (Lipinski definition) is 6. The summed E-state index contributed by atoms with van der Waals surface area (Å²) in [5, 5.41) is 5.75. The second kappa shape index (κ2) is 10.0. The number of nitrogens with one attached hydrogen (secondary N) is 3. The standard InChI is InChI=1S/C22H29N5O4S/c1-16-4-7-18(8-5-16)32(30,31)25-19-14-17(22(29)26(3)15-21(28)23-2)6-9-20(19)27-12-10-24-11-13-27/h4-9,14,24-25H,10-13,15H2,1-3H3,(H,23,28). The molecule has 0 aromatic heterocycles. The zero-order valence-corrected chi connectivity index (χ0v) is 19.3. The fourth-order valence-corrected chi connectivity index (χ4v) is 4.51. The van der Waals surface area contributed by atoms with E-state index in [2.05, 4.69) is 20.3 Å². The predicted molar refractivity (Wildman–Crippen MR) is 125 cm³/mol. The van der Waals surface area contributed by atoms with Crippen LogP contribution in [0.4, 0.5) is 11.4 Å². The lowest BCUT2D eigenvalue weighted by Crippen LogP contribution is -2.44. The SMILES string of the molecule is CNC(=O)CN(C)C(=O)c1ccc(N2CCNCC2)c(NS(=O)(=O)c2ccc(C)cc2)c1. The van der Waals surface area contributed by atoms with Crippen LogP contribution in [0.1, 0.15) is 15.9 Å². The number of nitrogens with zero attached hydrogens (tertiary/aromatic N) is 2. The van der Waals surface area contributed by atoms with Crippen molar-refractivity contribution in [3.63, 3.8) is 0 Å². The van der Waals surface area contributed by atoms with Crippen LogP contribution in [0.2, 0.25) is 0 Å². The highest BCUT2D eigenvalue weighted by atomic mass is 32.2. The number of likely N-dealkylation sites (N-methyl/N-ethyl adjacent to an activating group) is 2. The Labute approximate surface area is 188 Å². The van der Waals surface area contributed by atoms with Crippen molar-refractivity contribution in [2.45, 2.75) is 11.8 Å². The van der Waals surface area contributed by atoms with Crippen LogP contribution in [-0.4, -0.2) is 72.0 Å². The highest BCUT2D eigenvalue weighted by Crippen LogP contribution is 2.30. The summed E-state index contributed by atoms with van der Waals surface area (Å²) in [4.78, 5) is 28.0. The summed E-state index contributed by atoms with van der Waals surface area (Å²) in [5.74, 6) is -0.671. The third-order valence-corrected chi connectivity index (χ3v) is 6.66. The molecule has 1 aliphatic rings. The second-order valence-corrected chi connectivity index (χ2v) is 9.40. The second-order valence-electron chi connectivity index (χ2n) is 7.72. The van der Waals surface area contributed by atoms with Crippen molar-refractivity contribution in [2.75, 3.05) is 56.4 Å². The van der Waals surface area contributed by atoms with Crippen molar-refractivity contribution in [1.82, 2.24) is 15.5 Å². The molecule has 2 aromatic rings. The van der Waals surface area contributed by atoms with Gasteiger partial charge in [0.15, 0.2) is 0 Å². The maximum atomic E-state index is 13.1. The quantitative estimate of drug-likeness (QED) is 0.570. The molecule has 32 heavy (non-hydrogen) atoms. The zero-order chi connectivity index (χ0) is 23.3. The summed E-state index contributed by atoms with van der Waals surface area (Å²) in [7, 11) is -0.832. The number of sulfonamides is 1. The van der Waals surface area contributed by atoms with Gasteiger partial charge in [0.1, 0.15) is 0 Å². The molecule has 1 saturated heterocycles. The van der Waals surface area contributed by atoms with Crippen LogP contribution in [-0.2, 0) is 14.8 Å². The topological polar surface area (TPSA) is 111 Å². The first-order valence-corrected chi connectivity index (χ1v) is 11.8. The van der Waals surface area contributed by atoms with E-state index < -0.39 is 10.0 Å². The molecule has 1 aliphatic heterocycles. The normalized spacial score (nSPS) is 14.0. The first-order valence-electron chi connectivity index (χ1n) is 10.4. The smallest absolute Gasteiger partial charge is 0.261 e. The highest BCUT2D eigenvalue weighted by molar-refractivity contribution is 7.92. The Balaban J connectivity index is 1.96. The van der Waals surface area contributed by atoms with Crippen LogP contribution >= 0.6 is 0 Å². The fraction of sp³-hybridized carbons (Fsp3) is 0.364. The molecule has 0 atom stereocenters. The molecule has 9 nitrogen and oxygen atoms in total. The third kappa shape index (κ3) is 5.57. The van der Waals surface area contributed by atoms with Gasteiger partial charge in [0.25, 0.3) is 15.9 Å². The molecule has 0 aliphatic carbocycles. The van der Waals surface area contributed by atoms with Crippen LogP contribution < -0.4 is 20.3 Å². The van der Waals surface area contributed by atoms with E-state index in [9.17, 15) is 18.0 Å². The van der Waals surface area contributed by atoms with E-state index in [1.54, 1.807) is 36.4 Å². The van der Waals surface area contributed by atoms with Gasteiger partial charge in [0.05, 0.1) is 22.8 Å². The van der Waals surface area contributed by atoms with Gasteiger partial charge in [0, 0.05) is 45.8 Å². The number of aryl methyl sites for hydroxylation is 1. The van der Waals surface area contributed by atoms with Crippen LogP contribution in [0, 0.1) is 6.92 Å². The molecule has 3 N–H and O–H groups in total. The van der Waals surface area contributed by atoms with Gasteiger partial charge in [-0.25, -0.2) is 8.42 Å². The first kappa shape index (κ1) is 23.6. The van der Waals surface area contributed by atoms with Crippen molar-refractivity contribution in [1.29, 1.82) is 0 Å². The maximum Gasteiger partial charge on any atom is 0.261 e. The molecule has 0 spiro atoms. The molecule has 10 heteroatoms. The van der Waals surface area contributed by atoms with E-state index in [4.69, 9.17) is 0 Å². The van der Waals surface area contributed by atoms with E-state index >= 15 is 0 Å². The lowest BCUT2D eigenvalue weighted by molar-refractivity contribution is -0.121. The molecule has 0 radical (unpaired) electrons. The number of rotatable bonds is 7. The van der Waals surface area contributed by atoms with Gasteiger partial charge in [-0.15, -0.1) is 0 Å². The first-order chi connectivity index (χ1) is 15.2. The van der Waals surface area contributed by atoms with Crippen molar-refractivity contribution in [3.8, 4) is 0 Å². The number of carbonyl (C=O) groups excluding carboxylic acids is 2. The highest BCUT2D eigenvalue weighted by Gasteiger charge is 2.22. The zero-order valence-electron chi connectivity index (χ0n) is 18.5. The van der Waals surface area contributed by atoms with Gasteiger partial charge >= 0.3 is 0 Å². The molecule has 0 bridgehead atoms. The monoisotopic (exact) mass is 459 g/mol. The average Bonchev–Trinajstić information content (AvgIpc) is 2.79. The molecular weight excluding hydrogens is 430 g/mol. The largest absolute Gasteiger partial charge is 0.367 e. The summed E-state index contributed by atoms with van der Waals surface area (Å²) >= 11 is 0. The summed E-state index contributed by atoms with van der Waals surface area (Å²) in [6.07, 6.45) is 0. The number of hydrogen-bond donors (Lipinski definition) is 3. The molecule has 0 unspecified atom stereocenters. The minimum absolute atomic E-state index is 0.0979. The molecule has 0 saturated carbocycles. The molecule has 2 aromatic carbocycles. The van der Waals surface area contributed by atoms with E-state index in [1.165, 1.54) is 25.1 Å². The predicted octanol–water partition coefficient (Wildman–Crippen LogP) is 1.02. The molecule has 172 valence electrons. The Morgan fingerprint density at radius 3 is 2.38 bits per heavy atom. The number of piperazine rings is 1. The molecular formula is C22H29N5O4S. The van der Waals surface area contributed by atoms with Crippen LogP contribution in [0.3, 0.4) is 0 Å². The molecule has 2 amide bonds. The summed E-state index contributed by atoms with van der Waals surface area (Å²) in [5.41, 5.74) is 2.27. The number of carbonyl (C=O) groups is 2. The Morgan fingerprint density at radius 2 is 1.75 bits per heavy atom. The molecule has 1 heterocycles. The maximum absolute atomic E-state index is 13.1. The summed E-state index contributed by atoms with van der Waals surface area (Å²) < 4.78 is 28.8. The Kier molecular flexibility index (Phi) is 7.37. The number of benzene rings is 2. The van der Waals surface area contributed by atoms with Crippen LogP contribution in [0.15, 0.2) is 47.4 Å². The van der Waals surface area contributed by atoms with Crippen LogP contribution in [0.5, 0.6) is 0 Å². The van der Waals surface area contributed by atoms with E-state index in [0.717, 1.165) is 18.7 Å². The Hall–Kier alpha value is -3.11. The molecule has 1 fully saturated rings. The molecule has 3 rings (SSSR count). The minimum Gasteiger partial charge on any atom is -0.367 e. The number of anilines is 2. The average molecular weight is 460 g/mol. The van der Waals surface area contributed by atoms with Gasteiger partial charge in [-0.2, -0.15) is 0 Å². The van der Waals surface area contributed by atoms with E-state index in [1.807, 2.05) is 6.92 Å². The van der Waals surface area contributed by atoms with Crippen molar-refractivity contribution >= 4 is 33.2 Å². The summed E-state index contributed by atoms with van der Waals surface area (Å²) in [6.45, 7) is 4.77. The van der Waals surface area contributed by atoms with Gasteiger partial charge in [-0.05, 0) is 37.3 Å². The van der Waals surface area contributed by atoms with E-state index in [0.29, 0.717) is 24.5 Å². The van der Waals surface area contributed by atoms with Crippen LogP contribution in [0.25, 0.3) is 0 Å². The Morgan fingerprint density at radius 1 is 1.09 bits per heavy atom. The van der Waals surface area contributed by atoms with Gasteiger partial charge < -0.3 is 20.4 Å². The van der Waals surface area contributed by atoms with Crippen molar-refractivity contribution < 1.29 is 18.0 Å². The van der Waals surface area contributed by atoms with Crippen molar-refractivity contribution in [2.24, 2.45) is 0 Å². The van der Waals surface area contributed by atoms with Gasteiger partial charge in [0.2, 0.25) is 5.91 Å². The van der Waals surface area contributed by atoms with Gasteiger partial charge in [-0.1, -0.05) is 17.7 Å². The Bertz CT molecular complexity index is 1080. The van der Waals surface area contributed by atoms with Gasteiger partial charge in [-0.3, -0.25) is 14.3 Å². The fourth-order valence-electron chi connectivity index (χ4n) is 3.44. The number of amides is 2. The van der Waals surface area contributed by atoms with Crippen molar-refractivity contribution in [3.05, 3.63) is 53.6 Å². The minimum atomic E-state index is -3.86. The lowest BCUT2D eigenvalue weighted by Gasteiger charge is -2.31. The van der Waals surface area contributed by atoms with E-state index in [-0.39, 0.29) is 28.8 Å². The third-order valence-electron chi connectivity index (χ3n) is 5.28.